The zero-order chi connectivity index (χ0) is 20.7. The number of furan rings is 1. The first-order valence-corrected chi connectivity index (χ1v) is 8.85. The van der Waals surface area contributed by atoms with Gasteiger partial charge in [0.05, 0.1) is 18.4 Å². The van der Waals surface area contributed by atoms with Gasteiger partial charge in [-0.15, -0.1) is 0 Å². The number of carbonyl (C=O) groups is 3. The van der Waals surface area contributed by atoms with Crippen molar-refractivity contribution in [1.82, 2.24) is 10.6 Å². The van der Waals surface area contributed by atoms with Crippen molar-refractivity contribution in [2.45, 2.75) is 45.9 Å². The smallest absolute Gasteiger partial charge is 0.341 e. The quantitative estimate of drug-likeness (QED) is 0.657. The van der Waals surface area contributed by atoms with E-state index in [9.17, 15) is 14.4 Å². The number of hydrogen-bond donors (Lipinski definition) is 3. The lowest BCUT2D eigenvalue weighted by molar-refractivity contribution is -0.127. The molecule has 0 aliphatic carbocycles. The third-order valence-electron chi connectivity index (χ3n) is 3.56. The number of esters is 1. The molecule has 0 saturated heterocycles. The fourth-order valence-electron chi connectivity index (χ4n) is 2.27. The van der Waals surface area contributed by atoms with Gasteiger partial charge < -0.3 is 19.8 Å². The van der Waals surface area contributed by atoms with E-state index in [0.717, 1.165) is 0 Å². The maximum Gasteiger partial charge on any atom is 0.341 e. The molecule has 8 nitrogen and oxygen atoms in total. The van der Waals surface area contributed by atoms with Crippen molar-refractivity contribution in [3.63, 3.8) is 0 Å². The van der Waals surface area contributed by atoms with Gasteiger partial charge in [-0.2, -0.15) is 0 Å². The number of nitrogens with one attached hydrogen (secondary N) is 3. The summed E-state index contributed by atoms with van der Waals surface area (Å²) < 4.78 is 10.5. The Morgan fingerprint density at radius 3 is 2.46 bits per heavy atom. The minimum atomic E-state index is -1.14. The van der Waals surface area contributed by atoms with Crippen LogP contribution in [0.1, 0.15) is 43.8 Å². The summed E-state index contributed by atoms with van der Waals surface area (Å²) in [6, 6.07) is 9.70. The van der Waals surface area contributed by atoms with Crippen LogP contribution in [0.25, 0.3) is 0 Å². The maximum absolute atomic E-state index is 12.5. The Balaban J connectivity index is 1.96. The summed E-state index contributed by atoms with van der Waals surface area (Å²) in [6.07, 6.45) is 0.421. The van der Waals surface area contributed by atoms with Gasteiger partial charge in [-0.05, 0) is 52.0 Å². The number of rotatable bonds is 6. The molecule has 0 radical (unpaired) electrons. The molecule has 0 spiro atoms. The molecule has 0 saturated carbocycles. The van der Waals surface area contributed by atoms with Crippen molar-refractivity contribution in [3.05, 3.63) is 54.0 Å². The molecule has 2 aromatic rings. The normalized spacial score (nSPS) is 12.0. The summed E-state index contributed by atoms with van der Waals surface area (Å²) in [5.74, 6) is -0.682. The molecule has 2 rings (SSSR count). The number of anilines is 1. The first-order chi connectivity index (χ1) is 13.2. The Morgan fingerprint density at radius 1 is 1.11 bits per heavy atom. The van der Waals surface area contributed by atoms with Crippen molar-refractivity contribution >= 4 is 23.6 Å². The van der Waals surface area contributed by atoms with Crippen molar-refractivity contribution in [3.8, 4) is 0 Å². The average Bonchev–Trinajstić information content (AvgIpc) is 3.11. The predicted molar refractivity (Wildman–Crippen MR) is 104 cm³/mol. The van der Waals surface area contributed by atoms with Crippen LogP contribution in [-0.4, -0.2) is 29.6 Å². The summed E-state index contributed by atoms with van der Waals surface area (Å²) in [5.41, 5.74) is 0.318. The van der Waals surface area contributed by atoms with E-state index in [1.54, 1.807) is 57.4 Å². The molecule has 3 amide bonds. The molecule has 1 aromatic heterocycles. The first-order valence-electron chi connectivity index (χ1n) is 8.85. The second kappa shape index (κ2) is 9.07. The molecular weight excluding hydrogens is 362 g/mol. The molecular formula is C20H25N3O5. The zero-order valence-electron chi connectivity index (χ0n) is 16.4. The minimum absolute atomic E-state index is 0.271. The highest BCUT2D eigenvalue weighted by Crippen LogP contribution is 2.18. The molecule has 1 heterocycles. The van der Waals surface area contributed by atoms with Crippen LogP contribution in [0, 0.1) is 0 Å². The standard InChI is InChI=1S/C20H25N3O5/c1-13(17(24)22-19(26)23-20(2,3)4)28-18(25)15-9-5-6-10-16(15)21-12-14-8-7-11-27-14/h5-11,13,21H,12H2,1-4H3,(H2,22,23,24,26). The second-order valence-corrected chi connectivity index (χ2v) is 7.22. The number of benzene rings is 1. The van der Waals surface area contributed by atoms with Crippen LogP contribution in [0.15, 0.2) is 47.1 Å². The first kappa shape index (κ1) is 21.0. The summed E-state index contributed by atoms with van der Waals surface area (Å²) in [4.78, 5) is 36.4. The van der Waals surface area contributed by atoms with Crippen molar-refractivity contribution in [2.75, 3.05) is 5.32 Å². The van der Waals surface area contributed by atoms with Crippen molar-refractivity contribution in [2.24, 2.45) is 0 Å². The number of amides is 3. The number of carbonyl (C=O) groups excluding carboxylic acids is 3. The molecule has 1 unspecified atom stereocenters. The van der Waals surface area contributed by atoms with E-state index < -0.39 is 29.6 Å². The number of ether oxygens (including phenoxy) is 1. The van der Waals surface area contributed by atoms with Gasteiger partial charge in [0.2, 0.25) is 0 Å². The Morgan fingerprint density at radius 2 is 1.82 bits per heavy atom. The van der Waals surface area contributed by atoms with Gasteiger partial charge in [0.1, 0.15) is 5.76 Å². The fourth-order valence-corrected chi connectivity index (χ4v) is 2.27. The molecule has 0 fully saturated rings. The van der Waals surface area contributed by atoms with Gasteiger partial charge in [-0.25, -0.2) is 9.59 Å². The number of urea groups is 1. The topological polar surface area (TPSA) is 110 Å². The zero-order valence-corrected chi connectivity index (χ0v) is 16.4. The highest BCUT2D eigenvalue weighted by Gasteiger charge is 2.23. The highest BCUT2D eigenvalue weighted by molar-refractivity contribution is 6.00. The van der Waals surface area contributed by atoms with E-state index in [1.807, 2.05) is 6.07 Å². The average molecular weight is 387 g/mol. The van der Waals surface area contributed by atoms with Crippen molar-refractivity contribution in [1.29, 1.82) is 0 Å². The third-order valence-corrected chi connectivity index (χ3v) is 3.56. The summed E-state index contributed by atoms with van der Waals surface area (Å²) in [5, 5.41) is 7.85. The lowest BCUT2D eigenvalue weighted by Crippen LogP contribution is -2.50. The summed E-state index contributed by atoms with van der Waals surface area (Å²) in [7, 11) is 0. The molecule has 1 atom stereocenters. The van der Waals surface area contributed by atoms with Gasteiger partial charge >= 0.3 is 12.0 Å². The van der Waals surface area contributed by atoms with E-state index in [2.05, 4.69) is 16.0 Å². The number of para-hydroxylation sites is 1. The lowest BCUT2D eigenvalue weighted by Gasteiger charge is -2.21. The second-order valence-electron chi connectivity index (χ2n) is 7.22. The predicted octanol–water partition coefficient (Wildman–Crippen LogP) is 3.06. The van der Waals surface area contributed by atoms with E-state index >= 15 is 0 Å². The number of imide groups is 1. The molecule has 3 N–H and O–H groups in total. The van der Waals surface area contributed by atoms with Gasteiger partial charge in [0.15, 0.2) is 6.10 Å². The molecule has 0 aliphatic rings. The Labute approximate surface area is 163 Å². The van der Waals surface area contributed by atoms with Crippen molar-refractivity contribution < 1.29 is 23.5 Å². The van der Waals surface area contributed by atoms with Crippen LogP contribution in [0.2, 0.25) is 0 Å². The summed E-state index contributed by atoms with van der Waals surface area (Å²) in [6.45, 7) is 7.14. The van der Waals surface area contributed by atoms with E-state index in [-0.39, 0.29) is 5.56 Å². The molecule has 28 heavy (non-hydrogen) atoms. The fraction of sp³-hybridized carbons (Fsp3) is 0.350. The van der Waals surface area contributed by atoms with Gasteiger partial charge in [-0.1, -0.05) is 12.1 Å². The summed E-state index contributed by atoms with van der Waals surface area (Å²) >= 11 is 0. The monoisotopic (exact) mass is 387 g/mol. The molecule has 0 aliphatic heterocycles. The highest BCUT2D eigenvalue weighted by atomic mass is 16.5. The van der Waals surface area contributed by atoms with Crippen LogP contribution >= 0.6 is 0 Å². The van der Waals surface area contributed by atoms with E-state index in [1.165, 1.54) is 6.92 Å². The van der Waals surface area contributed by atoms with Gasteiger partial charge in [-0.3, -0.25) is 10.1 Å². The Kier molecular flexibility index (Phi) is 6.81. The van der Waals surface area contributed by atoms with Gasteiger partial charge in [0, 0.05) is 11.2 Å². The maximum atomic E-state index is 12.5. The van der Waals surface area contributed by atoms with Crippen LogP contribution < -0.4 is 16.0 Å². The van der Waals surface area contributed by atoms with Crippen LogP contribution in [0.3, 0.4) is 0 Å². The molecule has 150 valence electrons. The molecule has 8 heteroatoms. The SMILES string of the molecule is CC(OC(=O)c1ccccc1NCc1ccco1)C(=O)NC(=O)NC(C)(C)C. The largest absolute Gasteiger partial charge is 0.467 e. The number of hydrogen-bond acceptors (Lipinski definition) is 6. The Bertz CT molecular complexity index is 825. The van der Waals surface area contributed by atoms with Crippen LogP contribution in [0.4, 0.5) is 10.5 Å². The minimum Gasteiger partial charge on any atom is -0.467 e. The van der Waals surface area contributed by atoms with E-state index in [0.29, 0.717) is 18.0 Å². The lowest BCUT2D eigenvalue weighted by atomic mass is 10.1. The van der Waals surface area contributed by atoms with E-state index in [4.69, 9.17) is 9.15 Å². The van der Waals surface area contributed by atoms with Crippen LogP contribution in [-0.2, 0) is 16.1 Å². The van der Waals surface area contributed by atoms with Crippen LogP contribution in [0.5, 0.6) is 0 Å². The molecule has 0 bridgehead atoms. The Hall–Kier alpha value is -3.29. The third kappa shape index (κ3) is 6.46. The molecule has 1 aromatic carbocycles. The van der Waals surface area contributed by atoms with Gasteiger partial charge in [0.25, 0.3) is 5.91 Å².